The molecule has 2 heteroatoms. The molecular formula is C12H17ClO. The van der Waals surface area contributed by atoms with E-state index in [1.54, 1.807) is 0 Å². The molecular weight excluding hydrogens is 196 g/mol. The highest BCUT2D eigenvalue weighted by molar-refractivity contribution is 6.32. The van der Waals surface area contributed by atoms with Crippen LogP contribution in [-0.2, 0) is 12.0 Å². The summed E-state index contributed by atoms with van der Waals surface area (Å²) in [5, 5.41) is 9.85. The van der Waals surface area contributed by atoms with Crippen molar-refractivity contribution < 1.29 is 5.11 Å². The fourth-order valence-corrected chi connectivity index (χ4v) is 1.96. The van der Waals surface area contributed by atoms with Gasteiger partial charge in [0.2, 0.25) is 0 Å². The lowest BCUT2D eigenvalue weighted by Crippen LogP contribution is -2.13. The third-order valence-electron chi connectivity index (χ3n) is 2.27. The first-order valence-corrected chi connectivity index (χ1v) is 5.14. The van der Waals surface area contributed by atoms with Crippen LogP contribution in [0, 0.1) is 6.92 Å². The summed E-state index contributed by atoms with van der Waals surface area (Å²) in [6.45, 7) is 8.38. The van der Waals surface area contributed by atoms with Gasteiger partial charge >= 0.3 is 0 Å². The number of aliphatic hydroxyl groups excluding tert-OH is 1. The van der Waals surface area contributed by atoms with Gasteiger partial charge in [0.25, 0.3) is 0 Å². The minimum Gasteiger partial charge on any atom is -0.392 e. The largest absolute Gasteiger partial charge is 0.392 e. The fraction of sp³-hybridized carbons (Fsp3) is 0.500. The summed E-state index contributed by atoms with van der Waals surface area (Å²) in [5.74, 6) is 0. The summed E-state index contributed by atoms with van der Waals surface area (Å²) >= 11 is 6.21. The Bertz CT molecular complexity index is 337. The highest BCUT2D eigenvalue weighted by Gasteiger charge is 2.19. The molecule has 1 nitrogen and oxygen atoms in total. The van der Waals surface area contributed by atoms with Gasteiger partial charge in [0, 0.05) is 5.02 Å². The van der Waals surface area contributed by atoms with E-state index in [1.807, 2.05) is 13.0 Å². The predicted molar refractivity (Wildman–Crippen MR) is 60.8 cm³/mol. The van der Waals surface area contributed by atoms with Gasteiger partial charge in [0.05, 0.1) is 6.61 Å². The highest BCUT2D eigenvalue weighted by Crippen LogP contribution is 2.32. The molecule has 0 saturated carbocycles. The first-order chi connectivity index (χ1) is 6.36. The van der Waals surface area contributed by atoms with Crippen molar-refractivity contribution in [1.29, 1.82) is 0 Å². The molecule has 1 rings (SSSR count). The molecule has 0 aromatic heterocycles. The minimum atomic E-state index is 0.00356. The molecule has 1 aromatic carbocycles. The maximum absolute atomic E-state index is 9.15. The molecule has 14 heavy (non-hydrogen) atoms. The molecule has 0 unspecified atom stereocenters. The van der Waals surface area contributed by atoms with E-state index in [1.165, 1.54) is 0 Å². The summed E-state index contributed by atoms with van der Waals surface area (Å²) in [6.07, 6.45) is 0. The number of aliphatic hydroxyl groups is 1. The summed E-state index contributed by atoms with van der Waals surface area (Å²) in [4.78, 5) is 0. The number of halogens is 1. The Labute approximate surface area is 90.7 Å². The normalized spacial score (nSPS) is 11.9. The number of rotatable bonds is 1. The Kier molecular flexibility index (Phi) is 3.23. The van der Waals surface area contributed by atoms with Crippen molar-refractivity contribution in [3.8, 4) is 0 Å². The van der Waals surface area contributed by atoms with Crippen molar-refractivity contribution in [2.75, 3.05) is 0 Å². The predicted octanol–water partition coefficient (Wildman–Crippen LogP) is 3.44. The van der Waals surface area contributed by atoms with E-state index in [-0.39, 0.29) is 12.0 Å². The van der Waals surface area contributed by atoms with Crippen LogP contribution in [0.15, 0.2) is 12.1 Å². The summed E-state index contributed by atoms with van der Waals surface area (Å²) in [6, 6.07) is 4.01. The van der Waals surface area contributed by atoms with Crippen LogP contribution in [0.2, 0.25) is 5.02 Å². The molecule has 0 saturated heterocycles. The van der Waals surface area contributed by atoms with Crippen LogP contribution in [-0.4, -0.2) is 5.11 Å². The van der Waals surface area contributed by atoms with E-state index in [2.05, 4.69) is 26.8 Å². The highest BCUT2D eigenvalue weighted by atomic mass is 35.5. The number of hydrogen-bond acceptors (Lipinski definition) is 1. The molecule has 1 N–H and O–H groups in total. The zero-order valence-electron chi connectivity index (χ0n) is 9.19. The van der Waals surface area contributed by atoms with Gasteiger partial charge in [-0.3, -0.25) is 0 Å². The Morgan fingerprint density at radius 2 is 1.86 bits per heavy atom. The summed E-state index contributed by atoms with van der Waals surface area (Å²) in [5.41, 5.74) is 3.08. The molecule has 0 aliphatic heterocycles. The van der Waals surface area contributed by atoms with Gasteiger partial charge in [0.15, 0.2) is 0 Å². The van der Waals surface area contributed by atoms with Gasteiger partial charge < -0.3 is 5.11 Å². The van der Waals surface area contributed by atoms with E-state index < -0.39 is 0 Å². The van der Waals surface area contributed by atoms with Crippen LogP contribution in [0.25, 0.3) is 0 Å². The number of aryl methyl sites for hydroxylation is 1. The first kappa shape index (κ1) is 11.5. The monoisotopic (exact) mass is 212 g/mol. The molecule has 0 aliphatic rings. The third kappa shape index (κ3) is 2.28. The van der Waals surface area contributed by atoms with Crippen molar-refractivity contribution in [1.82, 2.24) is 0 Å². The maximum atomic E-state index is 9.15. The molecule has 0 aliphatic carbocycles. The van der Waals surface area contributed by atoms with Gasteiger partial charge in [0.1, 0.15) is 0 Å². The van der Waals surface area contributed by atoms with Crippen molar-refractivity contribution in [2.24, 2.45) is 0 Å². The topological polar surface area (TPSA) is 20.2 Å². The van der Waals surface area contributed by atoms with Crippen molar-refractivity contribution in [3.05, 3.63) is 33.8 Å². The van der Waals surface area contributed by atoms with Crippen molar-refractivity contribution in [3.63, 3.8) is 0 Å². The van der Waals surface area contributed by atoms with Gasteiger partial charge in [-0.1, -0.05) is 50.1 Å². The molecule has 0 spiro atoms. The fourth-order valence-electron chi connectivity index (χ4n) is 1.50. The zero-order chi connectivity index (χ0) is 10.9. The second-order valence-electron chi connectivity index (χ2n) is 4.69. The summed E-state index contributed by atoms with van der Waals surface area (Å²) < 4.78 is 0. The SMILES string of the molecule is Cc1cc(CO)c(Cl)c(C(C)(C)C)c1. The molecule has 0 bridgehead atoms. The Morgan fingerprint density at radius 1 is 1.29 bits per heavy atom. The quantitative estimate of drug-likeness (QED) is 0.756. The zero-order valence-corrected chi connectivity index (χ0v) is 9.94. The van der Waals surface area contributed by atoms with E-state index in [0.29, 0.717) is 5.02 Å². The van der Waals surface area contributed by atoms with Crippen LogP contribution in [0.3, 0.4) is 0 Å². The first-order valence-electron chi connectivity index (χ1n) is 4.76. The number of benzene rings is 1. The third-order valence-corrected chi connectivity index (χ3v) is 2.72. The molecule has 78 valence electrons. The van der Waals surface area contributed by atoms with Gasteiger partial charge in [-0.25, -0.2) is 0 Å². The smallest absolute Gasteiger partial charge is 0.0696 e. The lowest BCUT2D eigenvalue weighted by molar-refractivity contribution is 0.281. The Morgan fingerprint density at radius 3 is 2.29 bits per heavy atom. The second-order valence-corrected chi connectivity index (χ2v) is 5.07. The molecule has 0 atom stereocenters. The summed E-state index contributed by atoms with van der Waals surface area (Å²) in [7, 11) is 0. The second kappa shape index (κ2) is 3.92. The Balaban J connectivity index is 3.37. The average Bonchev–Trinajstić information content (AvgIpc) is 2.06. The van der Waals surface area contributed by atoms with Gasteiger partial charge in [-0.2, -0.15) is 0 Å². The van der Waals surface area contributed by atoms with E-state index in [4.69, 9.17) is 16.7 Å². The van der Waals surface area contributed by atoms with Crippen molar-refractivity contribution in [2.45, 2.75) is 39.7 Å². The molecule has 1 aromatic rings. The van der Waals surface area contributed by atoms with Gasteiger partial charge in [-0.15, -0.1) is 0 Å². The van der Waals surface area contributed by atoms with Crippen LogP contribution in [0.4, 0.5) is 0 Å². The lowest BCUT2D eigenvalue weighted by atomic mass is 9.85. The van der Waals surface area contributed by atoms with Crippen LogP contribution < -0.4 is 0 Å². The molecule has 0 fully saturated rings. The lowest BCUT2D eigenvalue weighted by Gasteiger charge is -2.22. The Hall–Kier alpha value is -0.530. The maximum Gasteiger partial charge on any atom is 0.0696 e. The molecule has 0 radical (unpaired) electrons. The van der Waals surface area contributed by atoms with Crippen LogP contribution >= 0.6 is 11.6 Å². The van der Waals surface area contributed by atoms with Crippen LogP contribution in [0.5, 0.6) is 0 Å². The van der Waals surface area contributed by atoms with E-state index >= 15 is 0 Å². The molecule has 0 amide bonds. The van der Waals surface area contributed by atoms with Crippen LogP contribution in [0.1, 0.15) is 37.5 Å². The van der Waals surface area contributed by atoms with E-state index in [9.17, 15) is 0 Å². The number of hydrogen-bond donors (Lipinski definition) is 1. The molecule has 0 heterocycles. The standard InChI is InChI=1S/C12H17ClO/c1-8-5-9(7-14)11(13)10(6-8)12(2,3)4/h5-6,14H,7H2,1-4H3. The average molecular weight is 213 g/mol. The minimum absolute atomic E-state index is 0.00356. The van der Waals surface area contributed by atoms with Gasteiger partial charge in [-0.05, 0) is 23.5 Å². The van der Waals surface area contributed by atoms with E-state index in [0.717, 1.165) is 16.7 Å². The van der Waals surface area contributed by atoms with Crippen molar-refractivity contribution >= 4 is 11.6 Å².